The fourth-order valence-corrected chi connectivity index (χ4v) is 3.99. The summed E-state index contributed by atoms with van der Waals surface area (Å²) in [6, 6.07) is 23.0. The van der Waals surface area contributed by atoms with Gasteiger partial charge in [-0.15, -0.1) is 0 Å². The highest BCUT2D eigenvalue weighted by Crippen LogP contribution is 2.18. The summed E-state index contributed by atoms with van der Waals surface area (Å²) < 4.78 is 3.60. The van der Waals surface area contributed by atoms with Crippen LogP contribution in [0.1, 0.15) is 21.5 Å². The summed E-state index contributed by atoms with van der Waals surface area (Å²) in [4.78, 5) is 30.1. The molecular formula is C26H22N4O2. The summed E-state index contributed by atoms with van der Waals surface area (Å²) in [5.41, 5.74) is 4.77. The Morgan fingerprint density at radius 2 is 1.66 bits per heavy atom. The molecule has 0 radical (unpaired) electrons. The molecular weight excluding hydrogens is 400 g/mol. The molecule has 1 amide bonds. The van der Waals surface area contributed by atoms with Crippen LogP contribution in [0.3, 0.4) is 0 Å². The van der Waals surface area contributed by atoms with Crippen LogP contribution in [0.4, 0.5) is 0 Å². The van der Waals surface area contributed by atoms with Crippen molar-refractivity contribution in [2.24, 2.45) is 0 Å². The summed E-state index contributed by atoms with van der Waals surface area (Å²) in [5.74, 6) is -0.154. The number of benzene rings is 2. The molecule has 2 aromatic carbocycles. The SMILES string of the molecule is O=C(NCCc1ccccc1)c1ccc2c(c1)n(Cc1ccncc1)c(=O)c1cccn12. The topological polar surface area (TPSA) is 68.4 Å². The van der Waals surface area contributed by atoms with Crippen molar-refractivity contribution in [2.45, 2.75) is 13.0 Å². The van der Waals surface area contributed by atoms with E-state index in [9.17, 15) is 9.59 Å². The Kier molecular flexibility index (Phi) is 5.25. The molecule has 0 saturated heterocycles. The second-order valence-corrected chi connectivity index (χ2v) is 7.71. The van der Waals surface area contributed by atoms with E-state index in [-0.39, 0.29) is 11.5 Å². The van der Waals surface area contributed by atoms with Crippen LogP contribution in [0.2, 0.25) is 0 Å². The van der Waals surface area contributed by atoms with Gasteiger partial charge < -0.3 is 14.3 Å². The predicted octanol–water partition coefficient (Wildman–Crippen LogP) is 3.67. The number of hydrogen-bond acceptors (Lipinski definition) is 3. The molecule has 0 saturated carbocycles. The molecule has 0 aliphatic rings. The molecule has 0 aliphatic heterocycles. The van der Waals surface area contributed by atoms with Crippen molar-refractivity contribution < 1.29 is 4.79 Å². The predicted molar refractivity (Wildman–Crippen MR) is 125 cm³/mol. The fourth-order valence-electron chi connectivity index (χ4n) is 3.99. The van der Waals surface area contributed by atoms with Gasteiger partial charge in [-0.25, -0.2) is 0 Å². The number of hydrogen-bond donors (Lipinski definition) is 1. The lowest BCUT2D eigenvalue weighted by atomic mass is 10.1. The molecule has 32 heavy (non-hydrogen) atoms. The number of amides is 1. The molecule has 0 fully saturated rings. The van der Waals surface area contributed by atoms with E-state index in [1.165, 1.54) is 5.56 Å². The Bertz CT molecular complexity index is 1450. The molecule has 5 aromatic rings. The van der Waals surface area contributed by atoms with Crippen LogP contribution in [0.15, 0.2) is 96.2 Å². The zero-order valence-corrected chi connectivity index (χ0v) is 17.4. The van der Waals surface area contributed by atoms with Crippen molar-refractivity contribution >= 4 is 22.5 Å². The molecule has 5 rings (SSSR count). The van der Waals surface area contributed by atoms with Crippen LogP contribution < -0.4 is 10.9 Å². The average molecular weight is 422 g/mol. The maximum absolute atomic E-state index is 13.2. The highest BCUT2D eigenvalue weighted by atomic mass is 16.1. The molecule has 0 aliphatic carbocycles. The van der Waals surface area contributed by atoms with Crippen LogP contribution in [0, 0.1) is 0 Å². The Morgan fingerprint density at radius 1 is 0.844 bits per heavy atom. The van der Waals surface area contributed by atoms with Gasteiger partial charge in [0.25, 0.3) is 11.5 Å². The summed E-state index contributed by atoms with van der Waals surface area (Å²) in [6.07, 6.45) is 6.06. The highest BCUT2D eigenvalue weighted by molar-refractivity contribution is 5.97. The van der Waals surface area contributed by atoms with Crippen molar-refractivity contribution in [3.63, 3.8) is 0 Å². The van der Waals surface area contributed by atoms with Crippen LogP contribution >= 0.6 is 0 Å². The number of rotatable bonds is 6. The molecule has 6 heteroatoms. The van der Waals surface area contributed by atoms with Crippen molar-refractivity contribution in [2.75, 3.05) is 6.54 Å². The first kappa shape index (κ1) is 19.8. The standard InChI is InChI=1S/C26H22N4O2/c31-25(28-15-12-19-5-2-1-3-6-19)21-8-9-22-24(17-21)30(18-20-10-13-27-14-11-20)26(32)23-7-4-16-29(22)23/h1-11,13-14,16-17H,12,15,18H2,(H,28,31). The zero-order chi connectivity index (χ0) is 21.9. The van der Waals surface area contributed by atoms with E-state index >= 15 is 0 Å². The molecule has 3 aromatic heterocycles. The van der Waals surface area contributed by atoms with E-state index in [2.05, 4.69) is 10.3 Å². The lowest BCUT2D eigenvalue weighted by molar-refractivity contribution is 0.0954. The van der Waals surface area contributed by atoms with E-state index in [0.29, 0.717) is 29.7 Å². The van der Waals surface area contributed by atoms with Crippen LogP contribution in [-0.4, -0.2) is 26.4 Å². The lowest BCUT2D eigenvalue weighted by Crippen LogP contribution is -2.27. The first-order valence-electron chi connectivity index (χ1n) is 10.6. The van der Waals surface area contributed by atoms with E-state index in [1.807, 2.05) is 71.3 Å². The van der Waals surface area contributed by atoms with Gasteiger partial charge in [-0.05, 0) is 60.0 Å². The second-order valence-electron chi connectivity index (χ2n) is 7.71. The van der Waals surface area contributed by atoms with Gasteiger partial charge in [-0.3, -0.25) is 14.6 Å². The first-order valence-corrected chi connectivity index (χ1v) is 10.6. The van der Waals surface area contributed by atoms with Crippen LogP contribution in [0.25, 0.3) is 16.6 Å². The smallest absolute Gasteiger partial charge is 0.275 e. The first-order chi connectivity index (χ1) is 15.7. The molecule has 1 N–H and O–H groups in total. The minimum absolute atomic E-state index is 0.0963. The molecule has 0 bridgehead atoms. The van der Waals surface area contributed by atoms with Gasteiger partial charge in [0, 0.05) is 30.7 Å². The van der Waals surface area contributed by atoms with Gasteiger partial charge >= 0.3 is 0 Å². The fraction of sp³-hybridized carbons (Fsp3) is 0.115. The summed E-state index contributed by atoms with van der Waals surface area (Å²) in [5, 5.41) is 2.99. The minimum Gasteiger partial charge on any atom is -0.352 e. The van der Waals surface area contributed by atoms with Gasteiger partial charge in [-0.2, -0.15) is 0 Å². The monoisotopic (exact) mass is 422 g/mol. The molecule has 0 spiro atoms. The number of nitrogens with one attached hydrogen (secondary N) is 1. The minimum atomic E-state index is -0.154. The molecule has 0 unspecified atom stereocenters. The van der Waals surface area contributed by atoms with Gasteiger partial charge in [-0.1, -0.05) is 30.3 Å². The Balaban J connectivity index is 1.50. The summed E-state index contributed by atoms with van der Waals surface area (Å²) >= 11 is 0. The summed E-state index contributed by atoms with van der Waals surface area (Å²) in [7, 11) is 0. The van der Waals surface area contributed by atoms with Crippen LogP contribution in [0.5, 0.6) is 0 Å². The molecule has 6 nitrogen and oxygen atoms in total. The normalized spacial score (nSPS) is 11.1. The van der Waals surface area contributed by atoms with Crippen molar-refractivity contribution in [3.8, 4) is 0 Å². The largest absolute Gasteiger partial charge is 0.352 e. The third kappa shape index (κ3) is 3.78. The lowest BCUT2D eigenvalue weighted by Gasteiger charge is -2.14. The number of carbonyl (C=O) groups is 1. The van der Waals surface area contributed by atoms with E-state index < -0.39 is 0 Å². The van der Waals surface area contributed by atoms with E-state index in [0.717, 1.165) is 17.5 Å². The highest BCUT2D eigenvalue weighted by Gasteiger charge is 2.14. The van der Waals surface area contributed by atoms with Gasteiger partial charge in [0.2, 0.25) is 0 Å². The maximum Gasteiger partial charge on any atom is 0.275 e. The Labute approximate surface area is 184 Å². The third-order valence-electron chi connectivity index (χ3n) is 5.63. The quantitative estimate of drug-likeness (QED) is 0.454. The van der Waals surface area contributed by atoms with Crippen molar-refractivity contribution in [1.82, 2.24) is 19.3 Å². The Morgan fingerprint density at radius 3 is 2.47 bits per heavy atom. The zero-order valence-electron chi connectivity index (χ0n) is 17.4. The van der Waals surface area contributed by atoms with Gasteiger partial charge in [0.1, 0.15) is 5.52 Å². The molecule has 0 atom stereocenters. The van der Waals surface area contributed by atoms with Crippen LogP contribution in [-0.2, 0) is 13.0 Å². The summed E-state index contributed by atoms with van der Waals surface area (Å²) in [6.45, 7) is 0.944. The van der Waals surface area contributed by atoms with E-state index in [4.69, 9.17) is 0 Å². The number of aromatic nitrogens is 3. The van der Waals surface area contributed by atoms with Crippen molar-refractivity contribution in [1.29, 1.82) is 0 Å². The molecule has 3 heterocycles. The van der Waals surface area contributed by atoms with E-state index in [1.54, 1.807) is 29.1 Å². The third-order valence-corrected chi connectivity index (χ3v) is 5.63. The number of nitrogens with zero attached hydrogens (tertiary/aromatic N) is 3. The number of carbonyl (C=O) groups excluding carboxylic acids is 1. The number of fused-ring (bicyclic) bond motifs is 3. The van der Waals surface area contributed by atoms with Crippen molar-refractivity contribution in [3.05, 3.63) is 118 Å². The Hall–Kier alpha value is -4.19. The number of pyridine rings is 1. The van der Waals surface area contributed by atoms with Gasteiger partial charge in [0.05, 0.1) is 17.6 Å². The maximum atomic E-state index is 13.2. The average Bonchev–Trinajstić information content (AvgIpc) is 3.33. The van der Waals surface area contributed by atoms with Gasteiger partial charge in [0.15, 0.2) is 0 Å². The second kappa shape index (κ2) is 8.51. The molecule has 158 valence electrons.